The Balaban J connectivity index is 2.05. The molecule has 5 heteroatoms. The lowest BCUT2D eigenvalue weighted by Gasteiger charge is -2.30. The summed E-state index contributed by atoms with van der Waals surface area (Å²) in [4.78, 5) is 14.4. The van der Waals surface area contributed by atoms with Gasteiger partial charge in [0.25, 0.3) is 5.91 Å². The molecule has 1 fully saturated rings. The van der Waals surface area contributed by atoms with Gasteiger partial charge in [-0.25, -0.2) is 0 Å². The molecule has 0 spiro atoms. The summed E-state index contributed by atoms with van der Waals surface area (Å²) in [5.41, 5.74) is 0.663. The number of carbonyl (C=O) groups is 1. The normalized spacial score (nSPS) is 20.7. The Bertz CT molecular complexity index is 453. The highest BCUT2D eigenvalue weighted by atomic mass is 127. The molecule has 1 heterocycles. The number of carbonyl (C=O) groups excluding carboxylic acids is 1. The molecular weight excluding hydrogens is 363 g/mol. The van der Waals surface area contributed by atoms with Crippen molar-refractivity contribution in [3.8, 4) is 0 Å². The molecule has 3 nitrogen and oxygen atoms in total. The van der Waals surface area contributed by atoms with E-state index in [-0.39, 0.29) is 11.9 Å². The van der Waals surface area contributed by atoms with Gasteiger partial charge >= 0.3 is 0 Å². The number of likely N-dealkylation sites (tertiary alicyclic amines) is 1. The highest BCUT2D eigenvalue weighted by Gasteiger charge is 2.20. The minimum Gasteiger partial charge on any atom is -0.348 e. The minimum atomic E-state index is -0.0257. The molecular formula is C13H16ClIN2O. The molecule has 18 heavy (non-hydrogen) atoms. The number of nitrogens with zero attached hydrogens (tertiary/aromatic N) is 1. The SMILES string of the molecule is CN1CCCC(NC(=O)c2cc(Cl)ccc2I)C1. The number of benzene rings is 1. The maximum absolute atomic E-state index is 12.2. The summed E-state index contributed by atoms with van der Waals surface area (Å²) >= 11 is 8.10. The summed E-state index contributed by atoms with van der Waals surface area (Å²) in [6.07, 6.45) is 2.18. The lowest BCUT2D eigenvalue weighted by Crippen LogP contribution is -2.46. The molecule has 1 aromatic carbocycles. The van der Waals surface area contributed by atoms with E-state index in [2.05, 4.69) is 39.9 Å². The van der Waals surface area contributed by atoms with E-state index in [9.17, 15) is 4.79 Å². The van der Waals surface area contributed by atoms with Gasteiger partial charge in [-0.05, 0) is 67.2 Å². The van der Waals surface area contributed by atoms with Crippen molar-refractivity contribution >= 4 is 40.1 Å². The second-order valence-corrected chi connectivity index (χ2v) is 6.30. The van der Waals surface area contributed by atoms with Crippen LogP contribution in [0.5, 0.6) is 0 Å². The van der Waals surface area contributed by atoms with Crippen molar-refractivity contribution in [2.45, 2.75) is 18.9 Å². The van der Waals surface area contributed by atoms with Crippen LogP contribution in [-0.4, -0.2) is 37.0 Å². The molecule has 0 radical (unpaired) electrons. The van der Waals surface area contributed by atoms with Crippen LogP contribution in [0.1, 0.15) is 23.2 Å². The fourth-order valence-electron chi connectivity index (χ4n) is 2.22. The predicted molar refractivity (Wildman–Crippen MR) is 82.2 cm³/mol. The molecule has 1 saturated heterocycles. The van der Waals surface area contributed by atoms with Gasteiger partial charge in [0.1, 0.15) is 0 Å². The third-order valence-corrected chi connectivity index (χ3v) is 4.31. The molecule has 1 N–H and O–H groups in total. The van der Waals surface area contributed by atoms with E-state index in [0.717, 1.165) is 29.5 Å². The molecule has 1 aliphatic rings. The van der Waals surface area contributed by atoms with Crippen molar-refractivity contribution < 1.29 is 4.79 Å². The number of halogens is 2. The van der Waals surface area contributed by atoms with Gasteiger partial charge in [0, 0.05) is 21.2 Å². The summed E-state index contributed by atoms with van der Waals surface area (Å²) in [6, 6.07) is 5.64. The summed E-state index contributed by atoms with van der Waals surface area (Å²) in [5, 5.41) is 3.69. The molecule has 1 aliphatic heterocycles. The zero-order valence-electron chi connectivity index (χ0n) is 10.2. The summed E-state index contributed by atoms with van der Waals surface area (Å²) in [6.45, 7) is 2.03. The minimum absolute atomic E-state index is 0.0257. The smallest absolute Gasteiger partial charge is 0.252 e. The van der Waals surface area contributed by atoms with Gasteiger partial charge in [0.15, 0.2) is 0 Å². The van der Waals surface area contributed by atoms with Gasteiger partial charge in [-0.15, -0.1) is 0 Å². The van der Waals surface area contributed by atoms with Gasteiger partial charge in [0.05, 0.1) is 5.56 Å². The van der Waals surface area contributed by atoms with Crippen molar-refractivity contribution in [1.29, 1.82) is 0 Å². The summed E-state index contributed by atoms with van der Waals surface area (Å²) < 4.78 is 0.929. The molecule has 1 atom stereocenters. The molecule has 98 valence electrons. The van der Waals surface area contributed by atoms with Crippen molar-refractivity contribution in [2.75, 3.05) is 20.1 Å². The first-order valence-corrected chi connectivity index (χ1v) is 7.46. The van der Waals surface area contributed by atoms with Crippen molar-refractivity contribution in [1.82, 2.24) is 10.2 Å². The van der Waals surface area contributed by atoms with Crippen LogP contribution in [0.2, 0.25) is 5.02 Å². The van der Waals surface area contributed by atoms with Gasteiger partial charge in [0.2, 0.25) is 0 Å². The third kappa shape index (κ3) is 3.59. The molecule has 1 aromatic rings. The molecule has 0 bridgehead atoms. The largest absolute Gasteiger partial charge is 0.348 e. The van der Waals surface area contributed by atoms with E-state index in [4.69, 9.17) is 11.6 Å². The molecule has 1 amide bonds. The van der Waals surface area contributed by atoms with Gasteiger partial charge < -0.3 is 10.2 Å². The third-order valence-electron chi connectivity index (χ3n) is 3.13. The van der Waals surface area contributed by atoms with E-state index < -0.39 is 0 Å². The average Bonchev–Trinajstić information content (AvgIpc) is 2.32. The topological polar surface area (TPSA) is 32.3 Å². The lowest BCUT2D eigenvalue weighted by molar-refractivity contribution is 0.0911. The van der Waals surface area contributed by atoms with E-state index in [1.165, 1.54) is 0 Å². The first kappa shape index (κ1) is 14.1. The van der Waals surface area contributed by atoms with Crippen molar-refractivity contribution in [3.05, 3.63) is 32.4 Å². The van der Waals surface area contributed by atoms with Crippen molar-refractivity contribution in [2.24, 2.45) is 0 Å². The number of nitrogens with one attached hydrogen (secondary N) is 1. The average molecular weight is 379 g/mol. The molecule has 0 aliphatic carbocycles. The molecule has 2 rings (SSSR count). The van der Waals surface area contributed by atoms with Gasteiger partial charge in [-0.3, -0.25) is 4.79 Å². The standard InChI is InChI=1S/C13H16ClIN2O/c1-17-6-2-3-10(8-17)16-13(18)11-7-9(14)4-5-12(11)15/h4-5,7,10H,2-3,6,8H2,1H3,(H,16,18). The first-order valence-electron chi connectivity index (χ1n) is 6.00. The van der Waals surface area contributed by atoms with Crippen LogP contribution in [0.25, 0.3) is 0 Å². The second kappa shape index (κ2) is 6.21. The van der Waals surface area contributed by atoms with Crippen LogP contribution >= 0.6 is 34.2 Å². The Morgan fingerprint density at radius 3 is 3.06 bits per heavy atom. The summed E-state index contributed by atoms with van der Waals surface area (Å²) in [7, 11) is 2.08. The Morgan fingerprint density at radius 2 is 2.33 bits per heavy atom. The van der Waals surface area contributed by atoms with E-state index in [0.29, 0.717) is 10.6 Å². The Labute approximate surface area is 126 Å². The lowest BCUT2D eigenvalue weighted by atomic mass is 10.1. The molecule has 0 saturated carbocycles. The fraction of sp³-hybridized carbons (Fsp3) is 0.462. The van der Waals surface area contributed by atoms with Crippen LogP contribution in [0.3, 0.4) is 0 Å². The van der Waals surface area contributed by atoms with Gasteiger partial charge in [-0.2, -0.15) is 0 Å². The fourth-order valence-corrected chi connectivity index (χ4v) is 2.97. The number of amides is 1. The molecule has 0 aromatic heterocycles. The first-order chi connectivity index (χ1) is 8.56. The van der Waals surface area contributed by atoms with Crippen LogP contribution in [0.4, 0.5) is 0 Å². The number of hydrogen-bond acceptors (Lipinski definition) is 2. The Hall–Kier alpha value is -0.330. The zero-order valence-corrected chi connectivity index (χ0v) is 13.2. The second-order valence-electron chi connectivity index (χ2n) is 4.70. The Morgan fingerprint density at radius 1 is 1.56 bits per heavy atom. The number of hydrogen-bond donors (Lipinski definition) is 1. The molecule has 1 unspecified atom stereocenters. The number of piperidine rings is 1. The van der Waals surface area contributed by atoms with E-state index >= 15 is 0 Å². The van der Waals surface area contributed by atoms with Crippen molar-refractivity contribution in [3.63, 3.8) is 0 Å². The number of rotatable bonds is 2. The van der Waals surface area contributed by atoms with Gasteiger partial charge in [-0.1, -0.05) is 11.6 Å². The van der Waals surface area contributed by atoms with Crippen LogP contribution < -0.4 is 5.32 Å². The predicted octanol–water partition coefficient (Wildman–Crippen LogP) is 2.77. The van der Waals surface area contributed by atoms with Crippen LogP contribution in [-0.2, 0) is 0 Å². The quantitative estimate of drug-likeness (QED) is 0.803. The maximum Gasteiger partial charge on any atom is 0.252 e. The monoisotopic (exact) mass is 378 g/mol. The van der Waals surface area contributed by atoms with Crippen LogP contribution in [0.15, 0.2) is 18.2 Å². The van der Waals surface area contributed by atoms with E-state index in [1.54, 1.807) is 12.1 Å². The van der Waals surface area contributed by atoms with Crippen LogP contribution in [0, 0.1) is 3.57 Å². The highest BCUT2D eigenvalue weighted by Crippen LogP contribution is 2.18. The highest BCUT2D eigenvalue weighted by molar-refractivity contribution is 14.1. The number of likely N-dealkylation sites (N-methyl/N-ethyl adjacent to an activating group) is 1. The zero-order chi connectivity index (χ0) is 13.1. The Kier molecular flexibility index (Phi) is 4.86. The summed E-state index contributed by atoms with van der Waals surface area (Å²) in [5.74, 6) is -0.0257. The van der Waals surface area contributed by atoms with E-state index in [1.807, 2.05) is 6.07 Å². The maximum atomic E-state index is 12.2.